The third kappa shape index (κ3) is 1.58. The number of aromatic nitrogens is 3. The molecule has 3 nitrogen and oxygen atoms in total. The van der Waals surface area contributed by atoms with Gasteiger partial charge in [-0.05, 0) is 31.5 Å². The number of H-pyrrole nitrogens is 1. The van der Waals surface area contributed by atoms with Gasteiger partial charge in [0, 0.05) is 6.04 Å². The zero-order chi connectivity index (χ0) is 8.55. The third-order valence-electron chi connectivity index (χ3n) is 2.42. The maximum Gasteiger partial charge on any atom is 0.195 e. The molecule has 1 aliphatic carbocycles. The normalized spacial score (nSPS) is 19.4. The summed E-state index contributed by atoms with van der Waals surface area (Å²) >= 11 is 5.08. The molecule has 0 bridgehead atoms. The highest BCUT2D eigenvalue weighted by Crippen LogP contribution is 2.36. The predicted molar refractivity (Wildman–Crippen MR) is 49.5 cm³/mol. The Morgan fingerprint density at radius 2 is 2.58 bits per heavy atom. The lowest BCUT2D eigenvalue weighted by molar-refractivity contribution is 0.471. The van der Waals surface area contributed by atoms with E-state index in [4.69, 9.17) is 12.2 Å². The summed E-state index contributed by atoms with van der Waals surface area (Å²) < 4.78 is 2.77. The van der Waals surface area contributed by atoms with Gasteiger partial charge in [-0.1, -0.05) is 12.8 Å². The lowest BCUT2D eigenvalue weighted by Gasteiger charge is -2.10. The van der Waals surface area contributed by atoms with Gasteiger partial charge in [0.25, 0.3) is 0 Å². The number of nitrogens with one attached hydrogen (secondary N) is 1. The summed E-state index contributed by atoms with van der Waals surface area (Å²) in [5, 5.41) is 6.68. The van der Waals surface area contributed by atoms with E-state index in [-0.39, 0.29) is 0 Å². The first-order valence-electron chi connectivity index (χ1n) is 4.39. The zero-order valence-electron chi connectivity index (χ0n) is 7.16. The molecule has 4 heteroatoms. The van der Waals surface area contributed by atoms with Crippen LogP contribution in [0.1, 0.15) is 32.2 Å². The highest BCUT2D eigenvalue weighted by molar-refractivity contribution is 7.71. The molecule has 0 aromatic carbocycles. The molecule has 1 fully saturated rings. The minimum absolute atomic E-state index is 0.503. The van der Waals surface area contributed by atoms with Gasteiger partial charge in [0.1, 0.15) is 6.33 Å². The average molecular weight is 183 g/mol. The molecule has 1 aromatic rings. The summed E-state index contributed by atoms with van der Waals surface area (Å²) in [5.74, 6) is 0.941. The van der Waals surface area contributed by atoms with Gasteiger partial charge in [0.2, 0.25) is 0 Å². The summed E-state index contributed by atoms with van der Waals surface area (Å²) in [4.78, 5) is 0. The van der Waals surface area contributed by atoms with Crippen LogP contribution in [0.25, 0.3) is 0 Å². The standard InChI is InChI=1S/C8H13N3S/c1-6(4-7-2-3-7)11-5-9-10-8(11)12/h5-7H,2-4H2,1H3,(H,10,12). The van der Waals surface area contributed by atoms with Crippen LogP contribution >= 0.6 is 12.2 Å². The van der Waals surface area contributed by atoms with Crippen LogP contribution in [0.2, 0.25) is 0 Å². The van der Waals surface area contributed by atoms with Crippen molar-refractivity contribution in [3.05, 3.63) is 11.1 Å². The van der Waals surface area contributed by atoms with Crippen LogP contribution in [0.15, 0.2) is 6.33 Å². The second kappa shape index (κ2) is 3.01. The Hall–Kier alpha value is -0.640. The monoisotopic (exact) mass is 183 g/mol. The summed E-state index contributed by atoms with van der Waals surface area (Å²) in [7, 11) is 0. The summed E-state index contributed by atoms with van der Waals surface area (Å²) in [6, 6.07) is 0.503. The molecule has 1 aromatic heterocycles. The van der Waals surface area contributed by atoms with E-state index in [2.05, 4.69) is 17.1 Å². The molecule has 1 heterocycles. The molecular formula is C8H13N3S. The molecule has 1 unspecified atom stereocenters. The predicted octanol–water partition coefficient (Wildman–Crippen LogP) is 2.30. The van der Waals surface area contributed by atoms with Crippen molar-refractivity contribution in [3.63, 3.8) is 0 Å². The van der Waals surface area contributed by atoms with Gasteiger partial charge in [-0.25, -0.2) is 0 Å². The van der Waals surface area contributed by atoms with Gasteiger partial charge in [0.15, 0.2) is 4.77 Å². The van der Waals surface area contributed by atoms with Crippen LogP contribution < -0.4 is 0 Å². The third-order valence-corrected chi connectivity index (χ3v) is 2.73. The van der Waals surface area contributed by atoms with Crippen molar-refractivity contribution < 1.29 is 0 Å². The van der Waals surface area contributed by atoms with Gasteiger partial charge in [-0.15, -0.1) is 0 Å². The van der Waals surface area contributed by atoms with Gasteiger partial charge < -0.3 is 4.57 Å². The van der Waals surface area contributed by atoms with Gasteiger partial charge in [-0.3, -0.25) is 5.10 Å². The zero-order valence-corrected chi connectivity index (χ0v) is 7.97. The molecule has 1 N–H and O–H groups in total. The number of hydrogen-bond acceptors (Lipinski definition) is 2. The van der Waals surface area contributed by atoms with E-state index in [0.29, 0.717) is 6.04 Å². The molecular weight excluding hydrogens is 170 g/mol. The van der Waals surface area contributed by atoms with Crippen LogP contribution in [-0.2, 0) is 0 Å². The summed E-state index contributed by atoms with van der Waals surface area (Å²) in [6.07, 6.45) is 5.83. The molecule has 0 spiro atoms. The quantitative estimate of drug-likeness (QED) is 0.729. The van der Waals surface area contributed by atoms with Crippen molar-refractivity contribution in [3.8, 4) is 0 Å². The molecule has 12 heavy (non-hydrogen) atoms. The molecule has 2 rings (SSSR count). The Bertz CT molecular complexity index is 310. The smallest absolute Gasteiger partial charge is 0.195 e. The van der Waals surface area contributed by atoms with Crippen molar-refractivity contribution in [1.82, 2.24) is 14.8 Å². The highest BCUT2D eigenvalue weighted by Gasteiger charge is 2.24. The van der Waals surface area contributed by atoms with Gasteiger partial charge >= 0.3 is 0 Å². The lowest BCUT2D eigenvalue weighted by Crippen LogP contribution is -2.04. The molecule has 0 aliphatic heterocycles. The van der Waals surface area contributed by atoms with Crippen LogP contribution in [0.4, 0.5) is 0 Å². The first-order valence-corrected chi connectivity index (χ1v) is 4.79. The highest BCUT2D eigenvalue weighted by atomic mass is 32.1. The van der Waals surface area contributed by atoms with Crippen molar-refractivity contribution in [1.29, 1.82) is 0 Å². The second-order valence-electron chi connectivity index (χ2n) is 3.60. The fourth-order valence-electron chi connectivity index (χ4n) is 1.52. The maximum atomic E-state index is 5.08. The molecule has 1 atom stereocenters. The van der Waals surface area contributed by atoms with E-state index in [0.717, 1.165) is 10.7 Å². The van der Waals surface area contributed by atoms with E-state index in [1.807, 2.05) is 4.57 Å². The van der Waals surface area contributed by atoms with Crippen LogP contribution in [0, 0.1) is 10.7 Å². The summed E-state index contributed by atoms with van der Waals surface area (Å²) in [6.45, 7) is 2.20. The fraction of sp³-hybridized carbons (Fsp3) is 0.750. The van der Waals surface area contributed by atoms with E-state index in [1.165, 1.54) is 19.3 Å². The van der Waals surface area contributed by atoms with E-state index < -0.39 is 0 Å². The largest absolute Gasteiger partial charge is 0.304 e. The Labute approximate surface area is 76.8 Å². The van der Waals surface area contributed by atoms with Crippen molar-refractivity contribution in [2.75, 3.05) is 0 Å². The SMILES string of the molecule is CC(CC1CC1)n1cn[nH]c1=S. The maximum absolute atomic E-state index is 5.08. The van der Waals surface area contributed by atoms with Crippen LogP contribution in [0.3, 0.4) is 0 Å². The number of nitrogens with zero attached hydrogens (tertiary/aromatic N) is 2. The Balaban J connectivity index is 2.07. The molecule has 0 amide bonds. The lowest BCUT2D eigenvalue weighted by atomic mass is 10.2. The minimum atomic E-state index is 0.503. The Morgan fingerprint density at radius 3 is 3.08 bits per heavy atom. The number of rotatable bonds is 3. The van der Waals surface area contributed by atoms with Crippen LogP contribution in [0.5, 0.6) is 0 Å². The topological polar surface area (TPSA) is 33.6 Å². The number of hydrogen-bond donors (Lipinski definition) is 1. The van der Waals surface area contributed by atoms with Gasteiger partial charge in [0.05, 0.1) is 0 Å². The fourth-order valence-corrected chi connectivity index (χ4v) is 1.80. The molecule has 1 aliphatic rings. The Morgan fingerprint density at radius 1 is 1.83 bits per heavy atom. The average Bonchev–Trinajstić information content (AvgIpc) is 2.72. The first kappa shape index (κ1) is 7.98. The van der Waals surface area contributed by atoms with E-state index in [9.17, 15) is 0 Å². The van der Waals surface area contributed by atoms with E-state index >= 15 is 0 Å². The molecule has 0 saturated heterocycles. The second-order valence-corrected chi connectivity index (χ2v) is 3.98. The molecule has 66 valence electrons. The first-order chi connectivity index (χ1) is 5.77. The van der Waals surface area contributed by atoms with Crippen molar-refractivity contribution in [2.24, 2.45) is 5.92 Å². The van der Waals surface area contributed by atoms with Crippen LogP contribution in [-0.4, -0.2) is 14.8 Å². The van der Waals surface area contributed by atoms with Crippen molar-refractivity contribution >= 4 is 12.2 Å². The Kier molecular flexibility index (Phi) is 2.00. The van der Waals surface area contributed by atoms with Crippen molar-refractivity contribution in [2.45, 2.75) is 32.2 Å². The molecule has 0 radical (unpaired) electrons. The number of aromatic amines is 1. The van der Waals surface area contributed by atoms with E-state index in [1.54, 1.807) is 6.33 Å². The minimum Gasteiger partial charge on any atom is -0.304 e. The molecule has 1 saturated carbocycles. The van der Waals surface area contributed by atoms with Gasteiger partial charge in [-0.2, -0.15) is 5.10 Å². The summed E-state index contributed by atoms with van der Waals surface area (Å²) in [5.41, 5.74) is 0.